The summed E-state index contributed by atoms with van der Waals surface area (Å²) in [5, 5.41) is 0. The van der Waals surface area contributed by atoms with E-state index in [9.17, 15) is 33.7 Å². The van der Waals surface area contributed by atoms with Gasteiger partial charge in [-0.05, 0) is 0 Å². The fourth-order valence-corrected chi connectivity index (χ4v) is 1.96. The molecule has 0 atom stereocenters. The van der Waals surface area contributed by atoms with Gasteiger partial charge in [0.1, 0.15) is 0 Å². The molecule has 0 aliphatic rings. The third-order valence-electron chi connectivity index (χ3n) is 0.344. The second kappa shape index (κ2) is 14.7. The van der Waals surface area contributed by atoms with E-state index in [1.165, 1.54) is 0 Å². The summed E-state index contributed by atoms with van der Waals surface area (Å²) >= 11 is -3.11. The Hall–Kier alpha value is 1.63. The summed E-state index contributed by atoms with van der Waals surface area (Å²) in [5.74, 6) is 0. The smallest absolute Gasteiger partial charge is 0.784 e. The van der Waals surface area contributed by atoms with Crippen molar-refractivity contribution in [3.8, 4) is 0 Å². The van der Waals surface area contributed by atoms with E-state index in [1.54, 1.807) is 0 Å². The zero-order valence-corrected chi connectivity index (χ0v) is 19.2. The van der Waals surface area contributed by atoms with Crippen molar-refractivity contribution in [3.63, 3.8) is 0 Å². The molecule has 24 heteroatoms. The van der Waals surface area contributed by atoms with E-state index in [0.29, 0.717) is 0 Å². The summed E-state index contributed by atoms with van der Waals surface area (Å²) in [7, 11) is -20.5. The van der Waals surface area contributed by atoms with Crippen LogP contribution in [-0.4, -0.2) is 65.2 Å². The largest absolute Gasteiger partial charge is 1.00 e. The van der Waals surface area contributed by atoms with Crippen LogP contribution in [0.4, 0.5) is 0 Å². The average molecular weight is 482 g/mol. The van der Waals surface area contributed by atoms with Crippen LogP contribution in [-0.2, 0) is 60.2 Å². The minimum atomic E-state index is -5.12. The first-order valence-electron chi connectivity index (χ1n) is 3.23. The first-order valence-corrected chi connectivity index (χ1v) is 9.69. The molecule has 0 rings (SSSR count). The number of hydrogen-bond donors (Lipinski definition) is 4. The van der Waals surface area contributed by atoms with E-state index in [2.05, 4.69) is 7.26 Å². The van der Waals surface area contributed by atoms with Crippen molar-refractivity contribution >= 4 is 53.0 Å². The Morgan fingerprint density at radius 2 is 0.667 bits per heavy atom. The van der Waals surface area contributed by atoms with Crippen molar-refractivity contribution < 1.29 is 132 Å². The Bertz CT molecular complexity index is 621. The van der Waals surface area contributed by atoms with Gasteiger partial charge in [0, 0.05) is 0 Å². The SMILES string of the molecule is O=S(=O)(O)OS(=O)(=O)O.O=S(=O)(O)OS(=O)(=O)O.O=S([O-])[O-].[Na+].[Na+]. The Labute approximate surface area is 182 Å². The van der Waals surface area contributed by atoms with Crippen molar-refractivity contribution in [2.75, 3.05) is 0 Å². The molecule has 0 aromatic heterocycles. The van der Waals surface area contributed by atoms with E-state index in [-0.39, 0.29) is 59.1 Å². The molecular formula is H4Na2O17S5. The number of rotatable bonds is 4. The van der Waals surface area contributed by atoms with E-state index in [4.69, 9.17) is 31.5 Å². The molecule has 0 heterocycles. The predicted octanol–water partition coefficient (Wildman–Crippen LogP) is -9.78. The van der Waals surface area contributed by atoms with Crippen molar-refractivity contribution in [1.82, 2.24) is 0 Å². The summed E-state index contributed by atoms with van der Waals surface area (Å²) in [6, 6.07) is 0. The minimum absolute atomic E-state index is 0. The van der Waals surface area contributed by atoms with Crippen molar-refractivity contribution in [2.45, 2.75) is 0 Å². The normalized spacial score (nSPS) is 11.6. The molecule has 0 aliphatic carbocycles. The third kappa shape index (κ3) is 65.1. The van der Waals surface area contributed by atoms with E-state index >= 15 is 0 Å². The first kappa shape index (κ1) is 36.5. The van der Waals surface area contributed by atoms with Crippen LogP contribution in [0.15, 0.2) is 0 Å². The number of hydrogen-bond acceptors (Lipinski definition) is 13. The molecule has 138 valence electrons. The van der Waals surface area contributed by atoms with Crippen molar-refractivity contribution in [1.29, 1.82) is 0 Å². The second-order valence-electron chi connectivity index (χ2n) is 2.05. The molecule has 0 spiro atoms. The quantitative estimate of drug-likeness (QED) is 0.164. The molecule has 24 heavy (non-hydrogen) atoms. The maximum Gasteiger partial charge on any atom is 1.00 e. The van der Waals surface area contributed by atoms with Crippen LogP contribution < -0.4 is 59.1 Å². The molecule has 0 aliphatic heterocycles. The zero-order valence-electron chi connectivity index (χ0n) is 11.1. The van der Waals surface area contributed by atoms with Gasteiger partial charge in [-0.3, -0.25) is 22.4 Å². The molecule has 0 fully saturated rings. The Balaban J connectivity index is -0.0000000771. The van der Waals surface area contributed by atoms with Crippen LogP contribution in [0.5, 0.6) is 0 Å². The zero-order chi connectivity index (χ0) is 19.0. The van der Waals surface area contributed by atoms with Crippen molar-refractivity contribution in [2.24, 2.45) is 0 Å². The topological polar surface area (TPSA) is 299 Å². The van der Waals surface area contributed by atoms with Crippen LogP contribution in [0.25, 0.3) is 0 Å². The van der Waals surface area contributed by atoms with Crippen molar-refractivity contribution in [3.05, 3.63) is 0 Å². The maximum atomic E-state index is 9.44. The fraction of sp³-hybridized carbons (Fsp3) is 0. The summed E-state index contributed by atoms with van der Waals surface area (Å²) in [4.78, 5) is 0. The molecule has 0 saturated heterocycles. The maximum absolute atomic E-state index is 9.44. The average Bonchev–Trinajstić information content (AvgIpc) is 1.84. The fourth-order valence-electron chi connectivity index (χ4n) is 0.217. The molecule has 0 radical (unpaired) electrons. The molecule has 0 amide bonds. The van der Waals surface area contributed by atoms with Crippen LogP contribution in [0, 0.1) is 0 Å². The van der Waals surface area contributed by atoms with Crippen LogP contribution in [0.1, 0.15) is 0 Å². The van der Waals surface area contributed by atoms with Gasteiger partial charge >= 0.3 is 101 Å². The summed E-state index contributed by atoms with van der Waals surface area (Å²) in [6.07, 6.45) is 0. The van der Waals surface area contributed by atoms with E-state index in [1.807, 2.05) is 0 Å². The Morgan fingerprint density at radius 1 is 0.583 bits per heavy atom. The van der Waals surface area contributed by atoms with Gasteiger partial charge in [-0.1, -0.05) is 0 Å². The van der Waals surface area contributed by atoms with Gasteiger partial charge in [-0.25, -0.2) is 0 Å². The first-order chi connectivity index (χ1) is 9.15. The van der Waals surface area contributed by atoms with Gasteiger partial charge in [0.15, 0.2) is 0 Å². The molecule has 0 aromatic rings. The molecule has 4 N–H and O–H groups in total. The van der Waals surface area contributed by atoms with Gasteiger partial charge < -0.3 is 9.11 Å². The predicted molar refractivity (Wildman–Crippen MR) is 58.1 cm³/mol. The van der Waals surface area contributed by atoms with Gasteiger partial charge in [0.2, 0.25) is 0 Å². The summed E-state index contributed by atoms with van der Waals surface area (Å²) < 4.78 is 136. The Morgan fingerprint density at radius 3 is 0.667 bits per heavy atom. The van der Waals surface area contributed by atoms with Crippen LogP contribution >= 0.6 is 0 Å². The van der Waals surface area contributed by atoms with Gasteiger partial charge in [0.05, 0.1) is 0 Å². The standard InChI is InChI=1S/2Na.2H2O7S2.H2O3S/c;;2*1-8(2,3)7-9(4,5)6;1-4(2)3/h;;2*(H,1,2,3)(H,4,5,6);(H2,1,2,3)/q2*+1;;;/p-2. The van der Waals surface area contributed by atoms with E-state index in [0.717, 1.165) is 0 Å². The Kier molecular flexibility index (Phi) is 22.3. The van der Waals surface area contributed by atoms with Gasteiger partial charge in [-0.2, -0.15) is 33.7 Å². The van der Waals surface area contributed by atoms with Gasteiger partial charge in [-0.15, -0.1) is 18.6 Å². The molecule has 17 nitrogen and oxygen atoms in total. The monoisotopic (exact) mass is 482 g/mol. The molecule has 0 bridgehead atoms. The summed E-state index contributed by atoms with van der Waals surface area (Å²) in [6.45, 7) is 0. The van der Waals surface area contributed by atoms with Gasteiger partial charge in [0.25, 0.3) is 0 Å². The van der Waals surface area contributed by atoms with Crippen LogP contribution in [0.2, 0.25) is 0 Å². The summed E-state index contributed by atoms with van der Waals surface area (Å²) in [5.41, 5.74) is 0. The van der Waals surface area contributed by atoms with Crippen LogP contribution in [0.3, 0.4) is 0 Å². The third-order valence-corrected chi connectivity index (χ3v) is 3.10. The van der Waals surface area contributed by atoms with E-state index < -0.39 is 53.0 Å². The molecular weight excluding hydrogens is 478 g/mol. The minimum Gasteiger partial charge on any atom is -0.784 e. The second-order valence-corrected chi connectivity index (χ2v) is 6.97. The molecule has 0 unspecified atom stereocenters. The molecule has 0 aromatic carbocycles. The molecule has 0 saturated carbocycles.